The van der Waals surface area contributed by atoms with Gasteiger partial charge in [0.05, 0.1) is 17.4 Å². The SMILES string of the molecule is Cc1ccc(F)cc1Oc1cc(C(N)=O)c(N)cn1. The largest absolute Gasteiger partial charge is 0.439 e. The lowest BCUT2D eigenvalue weighted by molar-refractivity contribution is 0.100. The first-order chi connectivity index (χ1) is 8.97. The molecule has 1 amide bonds. The maximum Gasteiger partial charge on any atom is 0.251 e. The molecular formula is C13H12FN3O2. The Morgan fingerprint density at radius 2 is 2.11 bits per heavy atom. The number of pyridine rings is 1. The number of ether oxygens (including phenoxy) is 1. The smallest absolute Gasteiger partial charge is 0.251 e. The van der Waals surface area contributed by atoms with Crippen molar-refractivity contribution in [1.29, 1.82) is 0 Å². The number of rotatable bonds is 3. The molecule has 0 spiro atoms. The fourth-order valence-corrected chi connectivity index (χ4v) is 1.51. The molecule has 0 aliphatic rings. The molecule has 2 aromatic rings. The van der Waals surface area contributed by atoms with Crippen molar-refractivity contribution in [3.63, 3.8) is 0 Å². The Bertz CT molecular complexity index is 644. The standard InChI is InChI=1S/C13H12FN3O2/c1-7-2-3-8(14)4-11(7)19-12-5-9(13(16)18)10(15)6-17-12/h2-6H,15H2,1H3,(H2,16,18). The van der Waals surface area contributed by atoms with Crippen molar-refractivity contribution in [1.82, 2.24) is 4.98 Å². The van der Waals surface area contributed by atoms with Gasteiger partial charge in [-0.3, -0.25) is 4.79 Å². The number of amides is 1. The van der Waals surface area contributed by atoms with E-state index in [1.165, 1.54) is 24.4 Å². The summed E-state index contributed by atoms with van der Waals surface area (Å²) in [7, 11) is 0. The van der Waals surface area contributed by atoms with Gasteiger partial charge in [0.15, 0.2) is 0 Å². The molecule has 1 heterocycles. The highest BCUT2D eigenvalue weighted by Gasteiger charge is 2.10. The van der Waals surface area contributed by atoms with E-state index in [-0.39, 0.29) is 17.1 Å². The quantitative estimate of drug-likeness (QED) is 0.884. The van der Waals surface area contributed by atoms with E-state index in [1.807, 2.05) is 0 Å². The minimum atomic E-state index is -0.680. The maximum absolute atomic E-state index is 13.1. The van der Waals surface area contributed by atoms with Gasteiger partial charge in [0.25, 0.3) is 5.91 Å². The van der Waals surface area contributed by atoms with E-state index in [1.54, 1.807) is 13.0 Å². The van der Waals surface area contributed by atoms with E-state index in [9.17, 15) is 9.18 Å². The van der Waals surface area contributed by atoms with Gasteiger partial charge in [-0.2, -0.15) is 0 Å². The predicted octanol–water partition coefficient (Wildman–Crippen LogP) is 2.00. The highest BCUT2D eigenvalue weighted by Crippen LogP contribution is 2.26. The Morgan fingerprint density at radius 3 is 2.79 bits per heavy atom. The molecule has 1 aromatic carbocycles. The van der Waals surface area contributed by atoms with E-state index in [4.69, 9.17) is 16.2 Å². The number of halogens is 1. The topological polar surface area (TPSA) is 91.2 Å². The minimum absolute atomic E-state index is 0.110. The molecule has 0 fully saturated rings. The van der Waals surface area contributed by atoms with Crippen molar-refractivity contribution in [2.24, 2.45) is 5.73 Å². The Labute approximate surface area is 109 Å². The molecule has 2 rings (SSSR count). The van der Waals surface area contributed by atoms with E-state index < -0.39 is 11.7 Å². The van der Waals surface area contributed by atoms with Gasteiger partial charge in [0.1, 0.15) is 11.6 Å². The summed E-state index contributed by atoms with van der Waals surface area (Å²) >= 11 is 0. The number of aromatic nitrogens is 1. The Kier molecular flexibility index (Phi) is 3.33. The second-order valence-corrected chi connectivity index (χ2v) is 3.99. The fourth-order valence-electron chi connectivity index (χ4n) is 1.51. The summed E-state index contributed by atoms with van der Waals surface area (Å²) < 4.78 is 18.5. The summed E-state index contributed by atoms with van der Waals surface area (Å²) in [5.41, 5.74) is 11.7. The van der Waals surface area contributed by atoms with E-state index in [2.05, 4.69) is 4.98 Å². The molecule has 19 heavy (non-hydrogen) atoms. The van der Waals surface area contributed by atoms with Crippen molar-refractivity contribution in [3.8, 4) is 11.6 Å². The van der Waals surface area contributed by atoms with Crippen LogP contribution in [0.15, 0.2) is 30.5 Å². The molecule has 0 unspecified atom stereocenters. The molecule has 0 atom stereocenters. The highest BCUT2D eigenvalue weighted by atomic mass is 19.1. The molecule has 0 saturated heterocycles. The van der Waals surface area contributed by atoms with Crippen LogP contribution in [0.1, 0.15) is 15.9 Å². The molecule has 4 N–H and O–H groups in total. The first-order valence-electron chi connectivity index (χ1n) is 5.46. The van der Waals surface area contributed by atoms with Crippen LogP contribution in [0.25, 0.3) is 0 Å². The monoisotopic (exact) mass is 261 g/mol. The number of nitrogens with zero attached hydrogens (tertiary/aromatic N) is 1. The fraction of sp³-hybridized carbons (Fsp3) is 0.0769. The third-order valence-corrected chi connectivity index (χ3v) is 2.54. The van der Waals surface area contributed by atoms with Crippen molar-refractivity contribution < 1.29 is 13.9 Å². The van der Waals surface area contributed by atoms with Gasteiger partial charge < -0.3 is 16.2 Å². The number of carbonyl (C=O) groups is 1. The van der Waals surface area contributed by atoms with Crippen molar-refractivity contribution in [3.05, 3.63) is 47.4 Å². The Morgan fingerprint density at radius 1 is 1.37 bits per heavy atom. The van der Waals surface area contributed by atoms with Crippen LogP contribution in [0.4, 0.5) is 10.1 Å². The molecule has 98 valence electrons. The average Bonchev–Trinajstić information content (AvgIpc) is 2.36. The summed E-state index contributed by atoms with van der Waals surface area (Å²) in [6.45, 7) is 1.76. The molecule has 0 aliphatic carbocycles. The molecule has 0 bridgehead atoms. The van der Waals surface area contributed by atoms with Gasteiger partial charge in [-0.15, -0.1) is 0 Å². The number of nitrogen functional groups attached to an aromatic ring is 1. The van der Waals surface area contributed by atoms with Crippen molar-refractivity contribution in [2.45, 2.75) is 6.92 Å². The molecular weight excluding hydrogens is 249 g/mol. The summed E-state index contributed by atoms with van der Waals surface area (Å²) in [6, 6.07) is 5.46. The summed E-state index contributed by atoms with van der Waals surface area (Å²) in [4.78, 5) is 15.1. The first kappa shape index (κ1) is 12.8. The van der Waals surface area contributed by atoms with Gasteiger partial charge in [-0.25, -0.2) is 9.37 Å². The van der Waals surface area contributed by atoms with Gasteiger partial charge in [-0.05, 0) is 18.6 Å². The number of hydrogen-bond acceptors (Lipinski definition) is 4. The lowest BCUT2D eigenvalue weighted by Gasteiger charge is -2.09. The second-order valence-electron chi connectivity index (χ2n) is 3.99. The van der Waals surface area contributed by atoms with Gasteiger partial charge in [0.2, 0.25) is 5.88 Å². The zero-order chi connectivity index (χ0) is 14.0. The summed E-state index contributed by atoms with van der Waals surface area (Å²) in [5, 5.41) is 0. The maximum atomic E-state index is 13.1. The van der Waals surface area contributed by atoms with Crippen LogP contribution in [0.2, 0.25) is 0 Å². The highest BCUT2D eigenvalue weighted by molar-refractivity contribution is 5.98. The second kappa shape index (κ2) is 4.93. The van der Waals surface area contributed by atoms with Crippen molar-refractivity contribution in [2.75, 3.05) is 5.73 Å². The number of anilines is 1. The minimum Gasteiger partial charge on any atom is -0.439 e. The van der Waals surface area contributed by atoms with Gasteiger partial charge >= 0.3 is 0 Å². The molecule has 1 aromatic heterocycles. The molecule has 0 aliphatic heterocycles. The van der Waals surface area contributed by atoms with Gasteiger partial charge in [-0.1, -0.05) is 6.07 Å². The number of aryl methyl sites for hydroxylation is 1. The lowest BCUT2D eigenvalue weighted by Crippen LogP contribution is -2.14. The normalized spacial score (nSPS) is 10.2. The number of primary amides is 1. The number of hydrogen-bond donors (Lipinski definition) is 2. The Balaban J connectivity index is 2.36. The van der Waals surface area contributed by atoms with Crippen LogP contribution in [-0.4, -0.2) is 10.9 Å². The molecule has 0 saturated carbocycles. The van der Waals surface area contributed by atoms with Crippen LogP contribution >= 0.6 is 0 Å². The van der Waals surface area contributed by atoms with Crippen LogP contribution < -0.4 is 16.2 Å². The summed E-state index contributed by atoms with van der Waals surface area (Å²) in [5.74, 6) is -0.670. The average molecular weight is 261 g/mol. The summed E-state index contributed by atoms with van der Waals surface area (Å²) in [6.07, 6.45) is 1.27. The third kappa shape index (κ3) is 2.79. The molecule has 5 nitrogen and oxygen atoms in total. The number of carbonyl (C=O) groups excluding carboxylic acids is 1. The van der Waals surface area contributed by atoms with Gasteiger partial charge in [0, 0.05) is 12.1 Å². The van der Waals surface area contributed by atoms with E-state index in [0.29, 0.717) is 5.75 Å². The van der Waals surface area contributed by atoms with Crippen LogP contribution in [0.5, 0.6) is 11.6 Å². The predicted molar refractivity (Wildman–Crippen MR) is 68.4 cm³/mol. The third-order valence-electron chi connectivity index (χ3n) is 2.54. The van der Waals surface area contributed by atoms with Crippen LogP contribution in [0.3, 0.4) is 0 Å². The lowest BCUT2D eigenvalue weighted by atomic mass is 10.2. The number of benzene rings is 1. The number of nitrogens with two attached hydrogens (primary N) is 2. The van der Waals surface area contributed by atoms with E-state index in [0.717, 1.165) is 5.56 Å². The molecule has 0 radical (unpaired) electrons. The molecule has 6 heteroatoms. The Hall–Kier alpha value is -2.63. The van der Waals surface area contributed by atoms with Crippen LogP contribution in [-0.2, 0) is 0 Å². The first-order valence-corrected chi connectivity index (χ1v) is 5.46. The zero-order valence-corrected chi connectivity index (χ0v) is 10.2. The van der Waals surface area contributed by atoms with Crippen molar-refractivity contribution >= 4 is 11.6 Å². The zero-order valence-electron chi connectivity index (χ0n) is 10.2. The van der Waals surface area contributed by atoms with E-state index >= 15 is 0 Å². The van der Waals surface area contributed by atoms with Crippen LogP contribution in [0, 0.1) is 12.7 Å².